The van der Waals surface area contributed by atoms with Gasteiger partial charge in [0.2, 0.25) is 11.8 Å². The van der Waals surface area contributed by atoms with Crippen molar-refractivity contribution >= 4 is 29.1 Å². The fourth-order valence-electron chi connectivity index (χ4n) is 4.01. The van der Waals surface area contributed by atoms with Crippen LogP contribution in [0.4, 0.5) is 15.8 Å². The lowest BCUT2D eigenvalue weighted by Gasteiger charge is -2.18. The molecule has 0 bridgehead atoms. The van der Waals surface area contributed by atoms with Crippen LogP contribution in [-0.4, -0.2) is 30.4 Å². The van der Waals surface area contributed by atoms with Gasteiger partial charge in [-0.3, -0.25) is 14.4 Å². The van der Waals surface area contributed by atoms with Crippen LogP contribution in [0.15, 0.2) is 72.8 Å². The standard InChI is InChI=1S/C28H28FN3O4/c1-18(2)36-23-13-11-22(12-14-23)32-17-20(15-26(32)33)27(34)31-25-6-4-3-5-24(25)28(35)30-16-19-7-9-21(29)10-8-19/h3-14,18,20H,15-17H2,1-2H3,(H,30,35)(H,31,34)/t20-/m0/s1. The number of halogens is 1. The fourth-order valence-corrected chi connectivity index (χ4v) is 4.01. The van der Waals surface area contributed by atoms with Crippen LogP contribution in [0.1, 0.15) is 36.2 Å². The van der Waals surface area contributed by atoms with Crippen molar-refractivity contribution in [3.8, 4) is 5.75 Å². The number of nitrogens with one attached hydrogen (secondary N) is 2. The van der Waals surface area contributed by atoms with Gasteiger partial charge in [-0.05, 0) is 67.9 Å². The van der Waals surface area contributed by atoms with E-state index in [1.807, 2.05) is 13.8 Å². The molecular weight excluding hydrogens is 461 g/mol. The lowest BCUT2D eigenvalue weighted by Crippen LogP contribution is -2.29. The first-order valence-electron chi connectivity index (χ1n) is 11.8. The van der Waals surface area contributed by atoms with E-state index in [1.54, 1.807) is 65.6 Å². The molecule has 0 saturated carbocycles. The van der Waals surface area contributed by atoms with Gasteiger partial charge in [-0.15, -0.1) is 0 Å². The summed E-state index contributed by atoms with van der Waals surface area (Å²) >= 11 is 0. The van der Waals surface area contributed by atoms with Crippen molar-refractivity contribution < 1.29 is 23.5 Å². The van der Waals surface area contributed by atoms with E-state index in [9.17, 15) is 18.8 Å². The molecule has 8 heteroatoms. The Kier molecular flexibility index (Phi) is 7.63. The minimum atomic E-state index is -0.556. The first-order chi connectivity index (χ1) is 17.3. The highest BCUT2D eigenvalue weighted by atomic mass is 19.1. The summed E-state index contributed by atoms with van der Waals surface area (Å²) in [6.45, 7) is 4.34. The second-order valence-electron chi connectivity index (χ2n) is 8.91. The summed E-state index contributed by atoms with van der Waals surface area (Å²) in [6, 6.07) is 19.7. The number of rotatable bonds is 8. The zero-order chi connectivity index (χ0) is 25.7. The van der Waals surface area contributed by atoms with Gasteiger partial charge >= 0.3 is 0 Å². The van der Waals surface area contributed by atoms with Gasteiger partial charge in [0.15, 0.2) is 0 Å². The van der Waals surface area contributed by atoms with E-state index in [0.29, 0.717) is 22.7 Å². The molecule has 0 aromatic heterocycles. The average molecular weight is 490 g/mol. The summed E-state index contributed by atoms with van der Waals surface area (Å²) in [4.78, 5) is 40.0. The number of anilines is 2. The minimum absolute atomic E-state index is 0.0465. The summed E-state index contributed by atoms with van der Waals surface area (Å²) in [5.74, 6) is -1.03. The molecular formula is C28H28FN3O4. The third-order valence-electron chi connectivity index (χ3n) is 5.81. The first kappa shape index (κ1) is 24.9. The Hall–Kier alpha value is -4.20. The van der Waals surface area contributed by atoms with E-state index >= 15 is 0 Å². The molecule has 1 aliphatic heterocycles. The minimum Gasteiger partial charge on any atom is -0.491 e. The molecule has 0 unspecified atom stereocenters. The Labute approximate surface area is 209 Å². The van der Waals surface area contributed by atoms with Crippen LogP contribution in [0.3, 0.4) is 0 Å². The SMILES string of the molecule is CC(C)Oc1ccc(N2C[C@@H](C(=O)Nc3ccccc3C(=O)NCc3ccc(F)cc3)CC2=O)cc1. The number of para-hydroxylation sites is 1. The fraction of sp³-hybridized carbons (Fsp3) is 0.250. The number of ether oxygens (including phenoxy) is 1. The van der Waals surface area contributed by atoms with Crippen molar-refractivity contribution in [2.45, 2.75) is 32.9 Å². The van der Waals surface area contributed by atoms with Crippen LogP contribution in [0.5, 0.6) is 5.75 Å². The number of hydrogen-bond acceptors (Lipinski definition) is 4. The van der Waals surface area contributed by atoms with Gasteiger partial charge in [0, 0.05) is 25.2 Å². The number of nitrogens with zero attached hydrogens (tertiary/aromatic N) is 1. The second-order valence-corrected chi connectivity index (χ2v) is 8.91. The van der Waals surface area contributed by atoms with Crippen molar-refractivity contribution in [2.75, 3.05) is 16.8 Å². The lowest BCUT2D eigenvalue weighted by molar-refractivity contribution is -0.122. The molecule has 186 valence electrons. The van der Waals surface area contributed by atoms with Crippen LogP contribution in [0.25, 0.3) is 0 Å². The zero-order valence-corrected chi connectivity index (χ0v) is 20.2. The molecule has 7 nitrogen and oxygen atoms in total. The van der Waals surface area contributed by atoms with E-state index in [2.05, 4.69) is 10.6 Å². The van der Waals surface area contributed by atoms with Crippen LogP contribution >= 0.6 is 0 Å². The molecule has 3 amide bonds. The second kappa shape index (κ2) is 11.0. The molecule has 0 aliphatic carbocycles. The highest BCUT2D eigenvalue weighted by molar-refractivity contribution is 6.07. The van der Waals surface area contributed by atoms with Gasteiger partial charge in [-0.2, -0.15) is 0 Å². The van der Waals surface area contributed by atoms with Gasteiger partial charge < -0.3 is 20.3 Å². The summed E-state index contributed by atoms with van der Waals surface area (Å²) in [6.07, 6.45) is 0.125. The Morgan fingerprint density at radius 1 is 1.03 bits per heavy atom. The molecule has 1 aliphatic rings. The van der Waals surface area contributed by atoms with Crippen molar-refractivity contribution in [3.05, 3.63) is 89.7 Å². The average Bonchev–Trinajstić information content (AvgIpc) is 3.25. The molecule has 0 spiro atoms. The van der Waals surface area contributed by atoms with Crippen LogP contribution in [0, 0.1) is 11.7 Å². The highest BCUT2D eigenvalue weighted by Gasteiger charge is 2.35. The van der Waals surface area contributed by atoms with Crippen molar-refractivity contribution in [1.29, 1.82) is 0 Å². The summed E-state index contributed by atoms with van der Waals surface area (Å²) in [5.41, 5.74) is 2.11. The molecule has 1 heterocycles. The number of hydrogen-bond donors (Lipinski definition) is 2. The van der Waals surface area contributed by atoms with E-state index in [4.69, 9.17) is 4.74 Å². The highest BCUT2D eigenvalue weighted by Crippen LogP contribution is 2.28. The maximum atomic E-state index is 13.1. The predicted octanol–water partition coefficient (Wildman–Crippen LogP) is 4.53. The molecule has 3 aromatic rings. The quantitative estimate of drug-likeness (QED) is 0.487. The third-order valence-corrected chi connectivity index (χ3v) is 5.81. The van der Waals surface area contributed by atoms with Crippen LogP contribution in [-0.2, 0) is 16.1 Å². The molecule has 1 fully saturated rings. The number of carbonyl (C=O) groups is 3. The van der Waals surface area contributed by atoms with Gasteiger partial charge in [0.05, 0.1) is 23.3 Å². The largest absolute Gasteiger partial charge is 0.491 e. The molecule has 0 radical (unpaired) electrons. The van der Waals surface area contributed by atoms with E-state index < -0.39 is 5.92 Å². The predicted molar refractivity (Wildman–Crippen MR) is 135 cm³/mol. The monoisotopic (exact) mass is 489 g/mol. The van der Waals surface area contributed by atoms with Crippen molar-refractivity contribution in [1.82, 2.24) is 5.32 Å². The first-order valence-corrected chi connectivity index (χ1v) is 11.8. The van der Waals surface area contributed by atoms with Gasteiger partial charge in [0.25, 0.3) is 5.91 Å². The van der Waals surface area contributed by atoms with Gasteiger partial charge in [-0.1, -0.05) is 24.3 Å². The third kappa shape index (κ3) is 6.07. The number of amides is 3. The summed E-state index contributed by atoms with van der Waals surface area (Å²) < 4.78 is 18.7. The molecule has 1 saturated heterocycles. The van der Waals surface area contributed by atoms with Crippen LogP contribution < -0.4 is 20.3 Å². The normalized spacial score (nSPS) is 15.2. The molecule has 36 heavy (non-hydrogen) atoms. The summed E-state index contributed by atoms with van der Waals surface area (Å²) in [7, 11) is 0. The Morgan fingerprint density at radius 3 is 2.42 bits per heavy atom. The Bertz CT molecular complexity index is 1240. The Balaban J connectivity index is 1.39. The van der Waals surface area contributed by atoms with Gasteiger partial charge in [0.1, 0.15) is 11.6 Å². The van der Waals surface area contributed by atoms with E-state index in [1.165, 1.54) is 12.1 Å². The topological polar surface area (TPSA) is 87.7 Å². The Morgan fingerprint density at radius 2 is 1.72 bits per heavy atom. The smallest absolute Gasteiger partial charge is 0.253 e. The molecule has 4 rings (SSSR count). The number of benzene rings is 3. The molecule has 3 aromatic carbocycles. The van der Waals surface area contributed by atoms with E-state index in [0.717, 1.165) is 5.56 Å². The maximum Gasteiger partial charge on any atom is 0.253 e. The summed E-state index contributed by atoms with van der Waals surface area (Å²) in [5, 5.41) is 5.60. The van der Waals surface area contributed by atoms with Crippen LogP contribution in [0.2, 0.25) is 0 Å². The van der Waals surface area contributed by atoms with Gasteiger partial charge in [-0.25, -0.2) is 4.39 Å². The molecule has 2 N–H and O–H groups in total. The number of carbonyl (C=O) groups excluding carboxylic acids is 3. The maximum absolute atomic E-state index is 13.1. The molecule has 1 atom stereocenters. The zero-order valence-electron chi connectivity index (χ0n) is 20.2. The lowest BCUT2D eigenvalue weighted by atomic mass is 10.1. The van der Waals surface area contributed by atoms with Crippen molar-refractivity contribution in [2.24, 2.45) is 5.92 Å². The van der Waals surface area contributed by atoms with E-state index in [-0.39, 0.29) is 49.2 Å². The van der Waals surface area contributed by atoms with Crippen molar-refractivity contribution in [3.63, 3.8) is 0 Å².